The third-order valence-corrected chi connectivity index (χ3v) is 2.83. The summed E-state index contributed by atoms with van der Waals surface area (Å²) in [5.74, 6) is 0. The van der Waals surface area contributed by atoms with Gasteiger partial charge in [-0.05, 0) is 11.6 Å². The number of fused-ring (bicyclic) bond motifs is 1. The van der Waals surface area contributed by atoms with Crippen LogP contribution in [0.5, 0.6) is 0 Å². The minimum Gasteiger partial charge on any atom is -0.382 e. The molecule has 1 aliphatic rings. The smallest absolute Gasteiger partial charge is 0.382 e. The van der Waals surface area contributed by atoms with Gasteiger partial charge < -0.3 is 14.8 Å². The van der Waals surface area contributed by atoms with Crippen LogP contribution in [0.1, 0.15) is 5.56 Å². The maximum absolute atomic E-state index is 11.8. The predicted molar refractivity (Wildman–Crippen MR) is 65.2 cm³/mol. The number of nitrogens with one attached hydrogen (secondary N) is 1. The molecule has 0 aliphatic carbocycles. The lowest BCUT2D eigenvalue weighted by molar-refractivity contribution is -0.177. The Kier molecular flexibility index (Phi) is 4.66. The highest BCUT2D eigenvalue weighted by atomic mass is 19.4. The van der Waals surface area contributed by atoms with Crippen LogP contribution in [-0.2, 0) is 15.9 Å². The van der Waals surface area contributed by atoms with Crippen molar-refractivity contribution < 1.29 is 22.6 Å². The Labute approximate surface area is 109 Å². The minimum atomic E-state index is -4.27. The van der Waals surface area contributed by atoms with Gasteiger partial charge in [-0.2, -0.15) is 13.2 Å². The van der Waals surface area contributed by atoms with Crippen LogP contribution in [0.4, 0.5) is 18.9 Å². The molecule has 1 atom stereocenters. The van der Waals surface area contributed by atoms with Gasteiger partial charge in [0.1, 0.15) is 6.61 Å². The van der Waals surface area contributed by atoms with Crippen LogP contribution in [-0.4, -0.2) is 38.6 Å². The number of hydrogen-bond donors (Lipinski definition) is 1. The molecule has 19 heavy (non-hydrogen) atoms. The number of halogens is 3. The van der Waals surface area contributed by atoms with E-state index >= 15 is 0 Å². The van der Waals surface area contributed by atoms with E-state index in [1.807, 2.05) is 24.3 Å². The SMILES string of the molecule is FC(F)(F)COCCOC1CNc2ccccc2C1. The fourth-order valence-electron chi connectivity index (χ4n) is 1.99. The Morgan fingerprint density at radius 2 is 2.00 bits per heavy atom. The molecule has 1 aromatic carbocycles. The third-order valence-electron chi connectivity index (χ3n) is 2.83. The zero-order chi connectivity index (χ0) is 13.7. The predicted octanol–water partition coefficient (Wildman–Crippen LogP) is 2.62. The number of rotatable bonds is 5. The van der Waals surface area contributed by atoms with Crippen molar-refractivity contribution in [1.29, 1.82) is 0 Å². The van der Waals surface area contributed by atoms with Crippen molar-refractivity contribution in [3.8, 4) is 0 Å². The highest BCUT2D eigenvalue weighted by molar-refractivity contribution is 5.53. The molecular formula is C13H16F3NO2. The molecule has 1 N–H and O–H groups in total. The second kappa shape index (κ2) is 6.25. The van der Waals surface area contributed by atoms with E-state index in [0.717, 1.165) is 17.7 Å². The van der Waals surface area contributed by atoms with E-state index < -0.39 is 12.8 Å². The van der Waals surface area contributed by atoms with Crippen LogP contribution >= 0.6 is 0 Å². The van der Waals surface area contributed by atoms with Gasteiger partial charge in [0.25, 0.3) is 0 Å². The number of ether oxygens (including phenoxy) is 2. The van der Waals surface area contributed by atoms with Crippen molar-refractivity contribution >= 4 is 5.69 Å². The normalized spacial score (nSPS) is 18.8. The summed E-state index contributed by atoms with van der Waals surface area (Å²) in [5.41, 5.74) is 2.26. The summed E-state index contributed by atoms with van der Waals surface area (Å²) >= 11 is 0. The van der Waals surface area contributed by atoms with Crippen LogP contribution in [0.2, 0.25) is 0 Å². The number of benzene rings is 1. The minimum absolute atomic E-state index is 0.0237. The molecule has 0 amide bonds. The van der Waals surface area contributed by atoms with Gasteiger partial charge in [-0.1, -0.05) is 18.2 Å². The molecule has 0 radical (unpaired) electrons. The first-order valence-corrected chi connectivity index (χ1v) is 6.12. The van der Waals surface area contributed by atoms with E-state index in [4.69, 9.17) is 4.74 Å². The molecule has 1 unspecified atom stereocenters. The molecule has 0 spiro atoms. The van der Waals surface area contributed by atoms with Crippen LogP contribution in [0, 0.1) is 0 Å². The fraction of sp³-hybridized carbons (Fsp3) is 0.538. The molecule has 0 aromatic heterocycles. The zero-order valence-corrected chi connectivity index (χ0v) is 10.4. The molecule has 1 heterocycles. The van der Waals surface area contributed by atoms with Crippen molar-refractivity contribution in [2.45, 2.75) is 18.7 Å². The van der Waals surface area contributed by atoms with Crippen molar-refractivity contribution in [3.05, 3.63) is 29.8 Å². The number of anilines is 1. The molecule has 0 fully saturated rings. The summed E-state index contributed by atoms with van der Waals surface area (Å²) in [4.78, 5) is 0. The van der Waals surface area contributed by atoms with Crippen LogP contribution in [0.15, 0.2) is 24.3 Å². The Morgan fingerprint density at radius 3 is 2.79 bits per heavy atom. The first-order chi connectivity index (χ1) is 9.04. The highest BCUT2D eigenvalue weighted by Gasteiger charge is 2.27. The molecule has 0 bridgehead atoms. The van der Waals surface area contributed by atoms with Gasteiger partial charge in [0.15, 0.2) is 0 Å². The van der Waals surface area contributed by atoms with Crippen molar-refractivity contribution in [1.82, 2.24) is 0 Å². The number of alkyl halides is 3. The second-order valence-electron chi connectivity index (χ2n) is 4.40. The first kappa shape index (κ1) is 14.1. The summed E-state index contributed by atoms with van der Waals surface area (Å²) in [6.07, 6.45) is -3.53. The van der Waals surface area contributed by atoms with Crippen molar-refractivity contribution in [2.24, 2.45) is 0 Å². The van der Waals surface area contributed by atoms with Crippen molar-refractivity contribution in [3.63, 3.8) is 0 Å². The summed E-state index contributed by atoms with van der Waals surface area (Å²) in [6, 6.07) is 7.92. The molecular weight excluding hydrogens is 259 g/mol. The highest BCUT2D eigenvalue weighted by Crippen LogP contribution is 2.22. The topological polar surface area (TPSA) is 30.5 Å². The lowest BCUT2D eigenvalue weighted by Crippen LogP contribution is -2.31. The average molecular weight is 275 g/mol. The lowest BCUT2D eigenvalue weighted by Gasteiger charge is -2.26. The van der Waals surface area contributed by atoms with Gasteiger partial charge in [-0.3, -0.25) is 0 Å². The van der Waals surface area contributed by atoms with Crippen LogP contribution in [0.3, 0.4) is 0 Å². The monoisotopic (exact) mass is 275 g/mol. The van der Waals surface area contributed by atoms with Gasteiger partial charge in [-0.15, -0.1) is 0 Å². The summed E-state index contributed by atoms with van der Waals surface area (Å²) < 4.78 is 45.5. The third kappa shape index (κ3) is 4.72. The number of para-hydroxylation sites is 1. The van der Waals surface area contributed by atoms with E-state index in [9.17, 15) is 13.2 Å². The Balaban J connectivity index is 1.66. The van der Waals surface area contributed by atoms with E-state index in [0.29, 0.717) is 6.54 Å². The fourth-order valence-corrected chi connectivity index (χ4v) is 1.99. The number of hydrogen-bond acceptors (Lipinski definition) is 3. The van der Waals surface area contributed by atoms with Gasteiger partial charge in [0, 0.05) is 18.7 Å². The summed E-state index contributed by atoms with van der Waals surface area (Å²) in [6.45, 7) is -0.430. The maximum Gasteiger partial charge on any atom is 0.411 e. The Hall–Kier alpha value is -1.27. The average Bonchev–Trinajstić information content (AvgIpc) is 2.37. The van der Waals surface area contributed by atoms with E-state index in [-0.39, 0.29) is 19.3 Å². The molecule has 0 saturated carbocycles. The molecule has 0 saturated heterocycles. The zero-order valence-electron chi connectivity index (χ0n) is 10.4. The van der Waals surface area contributed by atoms with Gasteiger partial charge >= 0.3 is 6.18 Å². The quantitative estimate of drug-likeness (QED) is 0.838. The second-order valence-corrected chi connectivity index (χ2v) is 4.40. The molecule has 2 rings (SSSR count). The molecule has 6 heteroatoms. The van der Waals surface area contributed by atoms with E-state index in [1.54, 1.807) is 0 Å². The first-order valence-electron chi connectivity index (χ1n) is 6.12. The molecule has 3 nitrogen and oxygen atoms in total. The molecule has 106 valence electrons. The molecule has 1 aliphatic heterocycles. The van der Waals surface area contributed by atoms with E-state index in [2.05, 4.69) is 10.1 Å². The Morgan fingerprint density at radius 1 is 1.21 bits per heavy atom. The maximum atomic E-state index is 11.8. The lowest BCUT2D eigenvalue weighted by atomic mass is 10.0. The molecule has 1 aromatic rings. The van der Waals surface area contributed by atoms with Crippen LogP contribution in [0.25, 0.3) is 0 Å². The van der Waals surface area contributed by atoms with E-state index in [1.165, 1.54) is 0 Å². The summed E-state index contributed by atoms with van der Waals surface area (Å²) in [5, 5.41) is 3.23. The Bertz CT molecular complexity index is 409. The van der Waals surface area contributed by atoms with Gasteiger partial charge in [0.2, 0.25) is 0 Å². The van der Waals surface area contributed by atoms with Gasteiger partial charge in [-0.25, -0.2) is 0 Å². The van der Waals surface area contributed by atoms with Crippen molar-refractivity contribution in [2.75, 3.05) is 31.7 Å². The van der Waals surface area contributed by atoms with Gasteiger partial charge in [0.05, 0.1) is 19.3 Å². The standard InChI is InChI=1S/C13H16F3NO2/c14-13(15,16)9-18-5-6-19-11-7-10-3-1-2-4-12(10)17-8-11/h1-4,11,17H,5-9H2. The largest absolute Gasteiger partial charge is 0.411 e. The summed E-state index contributed by atoms with van der Waals surface area (Å²) in [7, 11) is 0. The van der Waals surface area contributed by atoms with Crippen LogP contribution < -0.4 is 5.32 Å².